The van der Waals surface area contributed by atoms with Gasteiger partial charge in [0.15, 0.2) is 0 Å². The van der Waals surface area contributed by atoms with Crippen molar-refractivity contribution in [2.24, 2.45) is 0 Å². The van der Waals surface area contributed by atoms with Crippen LogP contribution in [-0.2, 0) is 10.0 Å². The van der Waals surface area contributed by atoms with Crippen molar-refractivity contribution in [3.05, 3.63) is 27.3 Å². The van der Waals surface area contributed by atoms with E-state index in [2.05, 4.69) is 4.72 Å². The maximum absolute atomic E-state index is 12.2. The molecule has 0 spiro atoms. The second-order valence-corrected chi connectivity index (χ2v) is 8.32. The van der Waals surface area contributed by atoms with Crippen LogP contribution in [0.25, 0.3) is 0 Å². The standard InChI is InChI=1S/C12H16INO4S2/c1-3-19-7-8(2)14-20(17,18)9-4-5-11(13)10(6-9)12(15)16/h4-6,8,14H,3,7H2,1-2H3,(H,15,16). The van der Waals surface area contributed by atoms with Gasteiger partial charge < -0.3 is 5.11 Å². The van der Waals surface area contributed by atoms with E-state index in [-0.39, 0.29) is 16.5 Å². The zero-order valence-corrected chi connectivity index (χ0v) is 14.9. The Bertz CT molecular complexity index is 589. The van der Waals surface area contributed by atoms with E-state index in [0.717, 1.165) is 5.75 Å². The first-order valence-corrected chi connectivity index (χ1v) is 9.62. The summed E-state index contributed by atoms with van der Waals surface area (Å²) in [5.41, 5.74) is -0.0101. The van der Waals surface area contributed by atoms with Crippen LogP contribution in [-0.4, -0.2) is 37.0 Å². The Morgan fingerprint density at radius 2 is 2.15 bits per heavy atom. The number of aromatic carboxylic acids is 1. The molecule has 0 saturated heterocycles. The van der Waals surface area contributed by atoms with Crippen molar-refractivity contribution >= 4 is 50.3 Å². The summed E-state index contributed by atoms with van der Waals surface area (Å²) in [4.78, 5) is 11.0. The Balaban J connectivity index is 2.98. The Morgan fingerprint density at radius 1 is 1.50 bits per heavy atom. The number of sulfonamides is 1. The summed E-state index contributed by atoms with van der Waals surface area (Å²) >= 11 is 3.51. The highest BCUT2D eigenvalue weighted by molar-refractivity contribution is 14.1. The molecule has 2 N–H and O–H groups in total. The molecule has 0 bridgehead atoms. The molecule has 1 atom stereocenters. The number of hydrogen-bond acceptors (Lipinski definition) is 4. The SMILES string of the molecule is CCSCC(C)NS(=O)(=O)c1ccc(I)c(C(=O)O)c1. The van der Waals surface area contributed by atoms with Crippen LogP contribution in [0, 0.1) is 3.57 Å². The molecule has 0 fully saturated rings. The van der Waals surface area contributed by atoms with Gasteiger partial charge in [0.25, 0.3) is 0 Å². The minimum atomic E-state index is -3.69. The molecule has 0 amide bonds. The van der Waals surface area contributed by atoms with E-state index in [9.17, 15) is 13.2 Å². The lowest BCUT2D eigenvalue weighted by Gasteiger charge is -2.14. The maximum Gasteiger partial charge on any atom is 0.336 e. The van der Waals surface area contributed by atoms with Gasteiger partial charge in [-0.1, -0.05) is 6.92 Å². The summed E-state index contributed by atoms with van der Waals surface area (Å²) in [5, 5.41) is 9.03. The molecule has 0 aliphatic heterocycles. The number of carboxylic acids is 1. The number of halogens is 1. The quantitative estimate of drug-likeness (QED) is 0.651. The molecule has 112 valence electrons. The molecule has 20 heavy (non-hydrogen) atoms. The molecule has 0 aliphatic rings. The van der Waals surface area contributed by atoms with Gasteiger partial charge >= 0.3 is 5.97 Å². The Hall–Kier alpha value is -0.320. The van der Waals surface area contributed by atoms with Gasteiger partial charge in [0, 0.05) is 15.4 Å². The third-order valence-electron chi connectivity index (χ3n) is 2.41. The van der Waals surface area contributed by atoms with Gasteiger partial charge in [-0.3, -0.25) is 0 Å². The highest BCUT2D eigenvalue weighted by Crippen LogP contribution is 2.18. The predicted molar refractivity (Wildman–Crippen MR) is 88.9 cm³/mol. The first kappa shape index (κ1) is 17.7. The fourth-order valence-corrected chi connectivity index (χ4v) is 4.11. The van der Waals surface area contributed by atoms with Gasteiger partial charge in [0.2, 0.25) is 10.0 Å². The van der Waals surface area contributed by atoms with Gasteiger partial charge in [-0.25, -0.2) is 17.9 Å². The molecule has 0 saturated carbocycles. The molecule has 8 heteroatoms. The third kappa shape index (κ3) is 4.90. The van der Waals surface area contributed by atoms with Crippen LogP contribution in [0.1, 0.15) is 24.2 Å². The van der Waals surface area contributed by atoms with Crippen LogP contribution >= 0.6 is 34.4 Å². The van der Waals surface area contributed by atoms with Gasteiger partial charge in [-0.2, -0.15) is 11.8 Å². The molecule has 0 aromatic heterocycles. The summed E-state index contributed by atoms with van der Waals surface area (Å²) in [6.07, 6.45) is 0. The van der Waals surface area contributed by atoms with E-state index in [1.807, 2.05) is 29.5 Å². The first-order valence-electron chi connectivity index (χ1n) is 5.91. The van der Waals surface area contributed by atoms with Gasteiger partial charge in [-0.05, 0) is 53.5 Å². The molecule has 1 aromatic carbocycles. The Morgan fingerprint density at radius 3 is 2.70 bits per heavy atom. The Labute approximate surface area is 136 Å². The molecule has 5 nitrogen and oxygen atoms in total. The van der Waals surface area contributed by atoms with Crippen LogP contribution in [0.15, 0.2) is 23.1 Å². The van der Waals surface area contributed by atoms with E-state index >= 15 is 0 Å². The molecule has 1 aromatic rings. The lowest BCUT2D eigenvalue weighted by Crippen LogP contribution is -2.34. The van der Waals surface area contributed by atoms with Crippen LogP contribution in [0.4, 0.5) is 0 Å². The molecule has 0 radical (unpaired) electrons. The zero-order chi connectivity index (χ0) is 15.3. The van der Waals surface area contributed by atoms with Crippen molar-refractivity contribution in [2.45, 2.75) is 24.8 Å². The van der Waals surface area contributed by atoms with Gasteiger partial charge in [0.05, 0.1) is 10.5 Å². The highest BCUT2D eigenvalue weighted by Gasteiger charge is 2.20. The predicted octanol–water partition coefficient (Wildman–Crippen LogP) is 2.41. The molecule has 0 aliphatic carbocycles. The first-order chi connectivity index (χ1) is 9.27. The van der Waals surface area contributed by atoms with Crippen molar-refractivity contribution in [1.82, 2.24) is 4.72 Å². The summed E-state index contributed by atoms with van der Waals surface area (Å²) in [6, 6.07) is 3.88. The summed E-state index contributed by atoms with van der Waals surface area (Å²) in [5.74, 6) is 0.450. The van der Waals surface area contributed by atoms with Crippen LogP contribution in [0.5, 0.6) is 0 Å². The average Bonchev–Trinajstić information content (AvgIpc) is 2.35. The smallest absolute Gasteiger partial charge is 0.336 e. The summed E-state index contributed by atoms with van der Waals surface area (Å²) in [7, 11) is -3.69. The van der Waals surface area contributed by atoms with E-state index in [4.69, 9.17) is 5.11 Å². The lowest BCUT2D eigenvalue weighted by atomic mass is 10.2. The van der Waals surface area contributed by atoms with E-state index in [1.54, 1.807) is 18.7 Å². The summed E-state index contributed by atoms with van der Waals surface area (Å²) in [6.45, 7) is 3.79. The van der Waals surface area contributed by atoms with E-state index in [1.165, 1.54) is 18.2 Å². The number of carboxylic acid groups (broad SMARTS) is 1. The molecular formula is C12H16INO4S2. The molecule has 1 unspecified atom stereocenters. The van der Waals surface area contributed by atoms with Crippen molar-refractivity contribution in [3.63, 3.8) is 0 Å². The minimum Gasteiger partial charge on any atom is -0.478 e. The second kappa shape index (κ2) is 7.62. The number of hydrogen-bond donors (Lipinski definition) is 2. The number of thioether (sulfide) groups is 1. The van der Waals surface area contributed by atoms with Gasteiger partial charge in [-0.15, -0.1) is 0 Å². The number of nitrogens with one attached hydrogen (secondary N) is 1. The molecule has 1 rings (SSSR count). The van der Waals surface area contributed by atoms with Crippen molar-refractivity contribution < 1.29 is 18.3 Å². The second-order valence-electron chi connectivity index (χ2n) is 4.13. The topological polar surface area (TPSA) is 83.5 Å². The fraction of sp³-hybridized carbons (Fsp3) is 0.417. The molecule has 0 heterocycles. The lowest BCUT2D eigenvalue weighted by molar-refractivity contribution is 0.0695. The van der Waals surface area contributed by atoms with Crippen LogP contribution in [0.3, 0.4) is 0 Å². The monoisotopic (exact) mass is 429 g/mol. The van der Waals surface area contributed by atoms with Crippen LogP contribution in [0.2, 0.25) is 0 Å². The van der Waals surface area contributed by atoms with Crippen molar-refractivity contribution in [1.29, 1.82) is 0 Å². The van der Waals surface area contributed by atoms with Gasteiger partial charge in [0.1, 0.15) is 0 Å². The van der Waals surface area contributed by atoms with Crippen molar-refractivity contribution in [3.8, 4) is 0 Å². The zero-order valence-electron chi connectivity index (χ0n) is 11.1. The van der Waals surface area contributed by atoms with E-state index in [0.29, 0.717) is 9.32 Å². The Kier molecular flexibility index (Phi) is 6.76. The number of carbonyl (C=O) groups is 1. The fourth-order valence-electron chi connectivity index (χ4n) is 1.50. The maximum atomic E-state index is 12.2. The largest absolute Gasteiger partial charge is 0.478 e. The molecular weight excluding hydrogens is 413 g/mol. The third-order valence-corrected chi connectivity index (χ3v) is 6.08. The van der Waals surface area contributed by atoms with Crippen molar-refractivity contribution in [2.75, 3.05) is 11.5 Å². The number of rotatable bonds is 7. The normalized spacial score (nSPS) is 13.2. The van der Waals surface area contributed by atoms with Crippen LogP contribution < -0.4 is 4.72 Å². The minimum absolute atomic E-state index is 0.0101. The van der Waals surface area contributed by atoms with E-state index < -0.39 is 16.0 Å². The number of benzene rings is 1. The summed E-state index contributed by atoms with van der Waals surface area (Å²) < 4.78 is 27.4. The average molecular weight is 429 g/mol. The highest BCUT2D eigenvalue weighted by atomic mass is 127.